The Morgan fingerprint density at radius 3 is 2.93 bits per heavy atom. The van der Waals surface area contributed by atoms with Gasteiger partial charge in [-0.05, 0) is 30.7 Å². The van der Waals surface area contributed by atoms with Gasteiger partial charge in [0.1, 0.15) is 0 Å². The number of aromatic nitrogens is 4. The number of rotatable bonds is 4. The first-order valence-electron chi connectivity index (χ1n) is 8.59. The highest BCUT2D eigenvalue weighted by Gasteiger charge is 2.26. The summed E-state index contributed by atoms with van der Waals surface area (Å²) in [5.41, 5.74) is 2.22. The third-order valence-corrected chi connectivity index (χ3v) is 4.58. The van der Waals surface area contributed by atoms with Crippen LogP contribution in [-0.4, -0.2) is 45.0 Å². The quantitative estimate of drug-likeness (QED) is 0.749. The fourth-order valence-electron chi connectivity index (χ4n) is 3.04. The molecule has 1 aliphatic rings. The average Bonchev–Trinajstić information content (AvgIpc) is 3.17. The van der Waals surface area contributed by atoms with E-state index in [4.69, 9.17) is 11.6 Å². The summed E-state index contributed by atoms with van der Waals surface area (Å²) >= 11 is 5.90. The molecule has 136 valence electrons. The van der Waals surface area contributed by atoms with Gasteiger partial charge in [-0.15, -0.1) is 0 Å². The molecule has 0 bridgehead atoms. The second kappa shape index (κ2) is 7.67. The molecule has 0 saturated carbocycles. The summed E-state index contributed by atoms with van der Waals surface area (Å²) in [6, 6.07) is 7.33. The summed E-state index contributed by atoms with van der Waals surface area (Å²) in [6.07, 6.45) is 9.08. The van der Waals surface area contributed by atoms with Crippen molar-refractivity contribution in [1.82, 2.24) is 25.3 Å². The lowest BCUT2D eigenvalue weighted by Gasteiger charge is -2.17. The van der Waals surface area contributed by atoms with E-state index >= 15 is 0 Å². The topological polar surface area (TPSA) is 83.9 Å². The second-order valence-electron chi connectivity index (χ2n) is 6.28. The molecule has 1 saturated heterocycles. The molecule has 1 amide bonds. The predicted molar refractivity (Wildman–Crippen MR) is 103 cm³/mol. The molecule has 1 unspecified atom stereocenters. The van der Waals surface area contributed by atoms with E-state index in [1.54, 1.807) is 24.7 Å². The van der Waals surface area contributed by atoms with Crippen LogP contribution in [-0.2, 0) is 0 Å². The van der Waals surface area contributed by atoms with Crippen molar-refractivity contribution in [2.24, 2.45) is 0 Å². The summed E-state index contributed by atoms with van der Waals surface area (Å²) in [5, 5.41) is 3.46. The molecule has 0 aliphatic carbocycles. The van der Waals surface area contributed by atoms with Crippen LogP contribution in [0.3, 0.4) is 0 Å². The molecule has 0 aromatic carbocycles. The van der Waals surface area contributed by atoms with Crippen LogP contribution in [0.1, 0.15) is 16.8 Å². The Morgan fingerprint density at radius 1 is 1.19 bits per heavy atom. The predicted octanol–water partition coefficient (Wildman–Crippen LogP) is 2.60. The lowest BCUT2D eigenvalue weighted by atomic mass is 10.2. The molecule has 8 heteroatoms. The first kappa shape index (κ1) is 17.4. The van der Waals surface area contributed by atoms with Crippen LogP contribution in [0.25, 0.3) is 11.3 Å². The van der Waals surface area contributed by atoms with Gasteiger partial charge in [0.05, 0.1) is 16.3 Å². The van der Waals surface area contributed by atoms with Crippen LogP contribution >= 0.6 is 11.6 Å². The number of nitrogens with one attached hydrogen (secondary N) is 1. The summed E-state index contributed by atoms with van der Waals surface area (Å²) in [5.74, 6) is 0.472. The van der Waals surface area contributed by atoms with Gasteiger partial charge in [0.2, 0.25) is 5.95 Å². The zero-order valence-electron chi connectivity index (χ0n) is 14.4. The summed E-state index contributed by atoms with van der Waals surface area (Å²) < 4.78 is 0. The van der Waals surface area contributed by atoms with E-state index in [-0.39, 0.29) is 11.9 Å². The molecule has 3 aromatic rings. The van der Waals surface area contributed by atoms with Crippen LogP contribution in [0.2, 0.25) is 5.02 Å². The molecule has 1 fully saturated rings. The Hall–Kier alpha value is -3.06. The SMILES string of the molecule is O=C(NC1CCN(c2nccc(-c3cccnc3)n2)C1)c1cncc(Cl)c1. The molecule has 1 aliphatic heterocycles. The molecule has 4 rings (SSSR count). The molecule has 3 aromatic heterocycles. The van der Waals surface area contributed by atoms with Crippen molar-refractivity contribution in [3.05, 3.63) is 65.8 Å². The van der Waals surface area contributed by atoms with Crippen LogP contribution in [0.15, 0.2) is 55.2 Å². The van der Waals surface area contributed by atoms with Gasteiger partial charge in [0.25, 0.3) is 5.91 Å². The molecule has 7 nitrogen and oxygen atoms in total. The van der Waals surface area contributed by atoms with Gasteiger partial charge in [-0.2, -0.15) is 0 Å². The minimum absolute atomic E-state index is 0.0159. The van der Waals surface area contributed by atoms with E-state index in [0.717, 1.165) is 24.2 Å². The number of carbonyl (C=O) groups excluding carboxylic acids is 1. The molecule has 4 heterocycles. The van der Waals surface area contributed by atoms with Gasteiger partial charge in [-0.3, -0.25) is 14.8 Å². The maximum Gasteiger partial charge on any atom is 0.253 e. The third kappa shape index (κ3) is 4.03. The molecule has 27 heavy (non-hydrogen) atoms. The molecule has 1 N–H and O–H groups in total. The van der Waals surface area contributed by atoms with E-state index in [0.29, 0.717) is 23.1 Å². The van der Waals surface area contributed by atoms with Gasteiger partial charge in [0.15, 0.2) is 0 Å². The number of hydrogen-bond donors (Lipinski definition) is 1. The van der Waals surface area contributed by atoms with Crippen molar-refractivity contribution in [1.29, 1.82) is 0 Å². The maximum atomic E-state index is 12.4. The number of carbonyl (C=O) groups is 1. The summed E-state index contributed by atoms with van der Waals surface area (Å²) in [4.78, 5) is 31.6. The van der Waals surface area contributed by atoms with Crippen molar-refractivity contribution in [3.63, 3.8) is 0 Å². The summed E-state index contributed by atoms with van der Waals surface area (Å²) in [6.45, 7) is 1.42. The number of hydrogen-bond acceptors (Lipinski definition) is 6. The largest absolute Gasteiger partial charge is 0.347 e. The van der Waals surface area contributed by atoms with Gasteiger partial charge in [-0.1, -0.05) is 11.6 Å². The minimum Gasteiger partial charge on any atom is -0.347 e. The highest BCUT2D eigenvalue weighted by Crippen LogP contribution is 2.21. The highest BCUT2D eigenvalue weighted by molar-refractivity contribution is 6.30. The fourth-order valence-corrected chi connectivity index (χ4v) is 3.21. The van der Waals surface area contributed by atoms with Crippen LogP contribution < -0.4 is 10.2 Å². The van der Waals surface area contributed by atoms with Gasteiger partial charge < -0.3 is 10.2 Å². The van der Waals surface area contributed by atoms with Crippen LogP contribution in [0.4, 0.5) is 5.95 Å². The standard InChI is InChI=1S/C19H17ClN6O/c20-15-8-14(10-22-11-15)18(27)24-16-4-7-26(12-16)19-23-6-3-17(25-19)13-2-1-5-21-9-13/h1-3,5-6,8-11,16H,4,7,12H2,(H,24,27). The minimum atomic E-state index is -0.179. The smallest absolute Gasteiger partial charge is 0.253 e. The zero-order chi connectivity index (χ0) is 18.6. The number of nitrogens with zero attached hydrogens (tertiary/aromatic N) is 5. The first-order valence-corrected chi connectivity index (χ1v) is 8.96. The molecule has 0 radical (unpaired) electrons. The Balaban J connectivity index is 1.43. The summed E-state index contributed by atoms with van der Waals surface area (Å²) in [7, 11) is 0. The van der Waals surface area contributed by atoms with Crippen molar-refractivity contribution in [2.75, 3.05) is 18.0 Å². The fraction of sp³-hybridized carbons (Fsp3) is 0.211. The monoisotopic (exact) mass is 380 g/mol. The lowest BCUT2D eigenvalue weighted by molar-refractivity contribution is 0.0940. The molecular formula is C19H17ClN6O. The van der Waals surface area contributed by atoms with E-state index < -0.39 is 0 Å². The number of amides is 1. The van der Waals surface area contributed by atoms with Crippen LogP contribution in [0, 0.1) is 0 Å². The molecule has 0 spiro atoms. The zero-order valence-corrected chi connectivity index (χ0v) is 15.2. The first-order chi connectivity index (χ1) is 13.2. The van der Waals surface area contributed by atoms with E-state index in [1.165, 1.54) is 12.4 Å². The Bertz CT molecular complexity index is 952. The van der Waals surface area contributed by atoms with E-state index in [9.17, 15) is 4.79 Å². The number of halogens is 1. The van der Waals surface area contributed by atoms with Crippen molar-refractivity contribution < 1.29 is 4.79 Å². The Morgan fingerprint density at radius 2 is 2.11 bits per heavy atom. The highest BCUT2D eigenvalue weighted by atomic mass is 35.5. The van der Waals surface area contributed by atoms with Crippen molar-refractivity contribution in [3.8, 4) is 11.3 Å². The van der Waals surface area contributed by atoms with Gasteiger partial charge in [0, 0.05) is 55.7 Å². The normalized spacial score (nSPS) is 16.3. The average molecular weight is 381 g/mol. The lowest BCUT2D eigenvalue weighted by Crippen LogP contribution is -2.37. The van der Waals surface area contributed by atoms with Crippen molar-refractivity contribution in [2.45, 2.75) is 12.5 Å². The molecule has 1 atom stereocenters. The maximum absolute atomic E-state index is 12.4. The third-order valence-electron chi connectivity index (χ3n) is 4.37. The second-order valence-corrected chi connectivity index (χ2v) is 6.72. The Labute approximate surface area is 161 Å². The molecular weight excluding hydrogens is 364 g/mol. The Kier molecular flexibility index (Phi) is 4.93. The number of pyridine rings is 2. The van der Waals surface area contributed by atoms with Crippen LogP contribution in [0.5, 0.6) is 0 Å². The van der Waals surface area contributed by atoms with Gasteiger partial charge in [-0.25, -0.2) is 9.97 Å². The number of anilines is 1. The van der Waals surface area contributed by atoms with Gasteiger partial charge >= 0.3 is 0 Å². The van der Waals surface area contributed by atoms with E-state index in [1.807, 2.05) is 18.2 Å². The van der Waals surface area contributed by atoms with Crippen molar-refractivity contribution >= 4 is 23.5 Å². The van der Waals surface area contributed by atoms with E-state index in [2.05, 4.69) is 30.2 Å².